The first-order chi connectivity index (χ1) is 9.34. The molecule has 2 aliphatic rings. The Bertz CT molecular complexity index is 653. The van der Waals surface area contributed by atoms with Crippen molar-refractivity contribution in [2.24, 2.45) is 18.9 Å². The molecule has 1 heterocycles. The molecule has 2 saturated carbocycles. The number of hydrogen-bond acceptors (Lipinski definition) is 3. The highest BCUT2D eigenvalue weighted by atomic mass is 35.7. The first-order valence-electron chi connectivity index (χ1n) is 6.76. The van der Waals surface area contributed by atoms with Crippen LogP contribution < -0.4 is 5.32 Å². The Balaban J connectivity index is 1.76. The molecule has 0 aromatic carbocycles. The molecule has 1 aromatic heterocycles. The molecular weight excluding hydrogens is 300 g/mol. The summed E-state index contributed by atoms with van der Waals surface area (Å²) in [5.74, 6) is 1.11. The van der Waals surface area contributed by atoms with Crippen LogP contribution in [0.1, 0.15) is 36.2 Å². The molecule has 0 saturated heterocycles. The van der Waals surface area contributed by atoms with Gasteiger partial charge in [-0.1, -0.05) is 6.42 Å². The molecule has 0 aliphatic heterocycles. The van der Waals surface area contributed by atoms with E-state index in [-0.39, 0.29) is 16.8 Å². The number of rotatable bonds is 3. The van der Waals surface area contributed by atoms with Crippen molar-refractivity contribution in [3.05, 3.63) is 18.0 Å². The zero-order valence-corrected chi connectivity index (χ0v) is 12.7. The van der Waals surface area contributed by atoms with Gasteiger partial charge >= 0.3 is 0 Å². The minimum absolute atomic E-state index is 0.0419. The Morgan fingerprint density at radius 3 is 2.65 bits per heavy atom. The number of nitrogens with one attached hydrogen (secondary N) is 1. The normalized spacial score (nSPS) is 28.8. The second kappa shape index (κ2) is 4.77. The van der Waals surface area contributed by atoms with Crippen LogP contribution in [0.3, 0.4) is 0 Å². The van der Waals surface area contributed by atoms with Gasteiger partial charge in [-0.2, -0.15) is 0 Å². The summed E-state index contributed by atoms with van der Waals surface area (Å²) in [6.07, 6.45) is 6.07. The molecule has 5 nitrogen and oxygen atoms in total. The number of aryl methyl sites for hydroxylation is 1. The average molecular weight is 317 g/mol. The molecule has 0 spiro atoms. The smallest absolute Gasteiger partial charge is 0.268 e. The number of carbonyl (C=O) groups is 1. The van der Waals surface area contributed by atoms with Crippen LogP contribution >= 0.6 is 10.7 Å². The quantitative estimate of drug-likeness (QED) is 0.866. The van der Waals surface area contributed by atoms with Crippen molar-refractivity contribution in [1.82, 2.24) is 9.88 Å². The van der Waals surface area contributed by atoms with Crippen LogP contribution in [0.15, 0.2) is 17.2 Å². The minimum atomic E-state index is -3.80. The average Bonchev–Trinajstić information content (AvgIpc) is 3.01. The van der Waals surface area contributed by atoms with Crippen LogP contribution in [0.4, 0.5) is 0 Å². The number of halogens is 1. The zero-order valence-electron chi connectivity index (χ0n) is 11.2. The van der Waals surface area contributed by atoms with Gasteiger partial charge in [0.15, 0.2) is 0 Å². The second-order valence-electron chi connectivity index (χ2n) is 5.86. The maximum absolute atomic E-state index is 12.3. The molecule has 1 N–H and O–H groups in total. The summed E-state index contributed by atoms with van der Waals surface area (Å²) in [6.45, 7) is 0. The van der Waals surface area contributed by atoms with Crippen LogP contribution in [-0.2, 0) is 16.1 Å². The van der Waals surface area contributed by atoms with Crippen LogP contribution in [-0.4, -0.2) is 24.9 Å². The van der Waals surface area contributed by atoms with Crippen molar-refractivity contribution < 1.29 is 13.2 Å². The van der Waals surface area contributed by atoms with Gasteiger partial charge in [0.1, 0.15) is 10.6 Å². The number of fused-ring (bicyclic) bond motifs is 2. The maximum Gasteiger partial charge on any atom is 0.268 e. The number of amides is 1. The molecule has 7 heteroatoms. The lowest BCUT2D eigenvalue weighted by molar-refractivity contribution is 0.0914. The van der Waals surface area contributed by atoms with E-state index in [4.69, 9.17) is 10.7 Å². The molecule has 3 atom stereocenters. The fraction of sp³-hybridized carbons (Fsp3) is 0.615. The molecule has 0 radical (unpaired) electrons. The van der Waals surface area contributed by atoms with Crippen molar-refractivity contribution >= 4 is 25.6 Å². The van der Waals surface area contributed by atoms with Gasteiger partial charge in [0.25, 0.3) is 15.0 Å². The molecule has 110 valence electrons. The Morgan fingerprint density at radius 2 is 2.15 bits per heavy atom. The van der Waals surface area contributed by atoms with E-state index in [1.54, 1.807) is 7.05 Å². The predicted octanol–water partition coefficient (Wildman–Crippen LogP) is 1.87. The summed E-state index contributed by atoms with van der Waals surface area (Å²) in [5, 5.41) is 3.03. The standard InChI is InChI=1S/C13H17ClN2O3S/c1-16-7-10(20(14,18)19)6-12(16)13(17)15-11-5-8-2-3-9(11)4-8/h6-9,11H,2-5H2,1H3,(H,15,17). The second-order valence-corrected chi connectivity index (χ2v) is 8.43. The van der Waals surface area contributed by atoms with Crippen LogP contribution in [0.2, 0.25) is 0 Å². The summed E-state index contributed by atoms with van der Waals surface area (Å²) in [5.41, 5.74) is 0.326. The van der Waals surface area contributed by atoms with Crippen LogP contribution in [0.5, 0.6) is 0 Å². The van der Waals surface area contributed by atoms with Crippen molar-refractivity contribution in [3.8, 4) is 0 Å². The number of nitrogens with zero attached hydrogens (tertiary/aromatic N) is 1. The first kappa shape index (κ1) is 13.9. The van der Waals surface area contributed by atoms with Gasteiger partial charge in [0, 0.05) is 30.0 Å². The van der Waals surface area contributed by atoms with Crippen molar-refractivity contribution in [1.29, 1.82) is 0 Å². The van der Waals surface area contributed by atoms with Crippen molar-refractivity contribution in [2.75, 3.05) is 0 Å². The van der Waals surface area contributed by atoms with Gasteiger partial charge < -0.3 is 9.88 Å². The number of carbonyl (C=O) groups excluding carboxylic acids is 1. The number of aromatic nitrogens is 1. The third-order valence-corrected chi connectivity index (χ3v) is 5.87. The SMILES string of the molecule is Cn1cc(S(=O)(=O)Cl)cc1C(=O)NC1CC2CCC1C2. The molecule has 1 amide bonds. The Kier molecular flexibility index (Phi) is 3.33. The molecule has 2 bridgehead atoms. The van der Waals surface area contributed by atoms with E-state index in [9.17, 15) is 13.2 Å². The van der Waals surface area contributed by atoms with E-state index in [0.717, 1.165) is 12.3 Å². The van der Waals surface area contributed by atoms with Gasteiger partial charge in [-0.05, 0) is 37.2 Å². The molecular formula is C13H17ClN2O3S. The predicted molar refractivity (Wildman–Crippen MR) is 75.2 cm³/mol. The summed E-state index contributed by atoms with van der Waals surface area (Å²) in [7, 11) is 3.14. The highest BCUT2D eigenvalue weighted by Gasteiger charge is 2.40. The lowest BCUT2D eigenvalue weighted by Gasteiger charge is -2.22. The molecule has 2 aliphatic carbocycles. The Labute approximate surface area is 122 Å². The summed E-state index contributed by atoms with van der Waals surface area (Å²) in [4.78, 5) is 12.2. The van der Waals surface area contributed by atoms with E-state index in [0.29, 0.717) is 11.6 Å². The van der Waals surface area contributed by atoms with E-state index in [2.05, 4.69) is 5.32 Å². The molecule has 20 heavy (non-hydrogen) atoms. The van der Waals surface area contributed by atoms with Gasteiger partial charge in [-0.3, -0.25) is 4.79 Å². The van der Waals surface area contributed by atoms with Gasteiger partial charge in [0.2, 0.25) is 0 Å². The third kappa shape index (κ3) is 2.46. The van der Waals surface area contributed by atoms with E-state index in [1.165, 1.54) is 36.1 Å². The molecule has 3 rings (SSSR count). The largest absolute Gasteiger partial charge is 0.348 e. The van der Waals surface area contributed by atoms with Crippen molar-refractivity contribution in [3.63, 3.8) is 0 Å². The van der Waals surface area contributed by atoms with Crippen molar-refractivity contribution in [2.45, 2.75) is 36.6 Å². The molecule has 3 unspecified atom stereocenters. The van der Waals surface area contributed by atoms with Gasteiger partial charge in [-0.15, -0.1) is 0 Å². The summed E-state index contributed by atoms with van der Waals surface area (Å²) < 4.78 is 24.1. The monoisotopic (exact) mass is 316 g/mol. The molecule has 2 fully saturated rings. The van der Waals surface area contributed by atoms with Gasteiger partial charge in [-0.25, -0.2) is 8.42 Å². The number of hydrogen-bond donors (Lipinski definition) is 1. The highest BCUT2D eigenvalue weighted by molar-refractivity contribution is 8.13. The van der Waals surface area contributed by atoms with Crippen LogP contribution in [0, 0.1) is 11.8 Å². The third-order valence-electron chi connectivity index (χ3n) is 4.55. The van der Waals surface area contributed by atoms with E-state index >= 15 is 0 Å². The zero-order chi connectivity index (χ0) is 14.5. The fourth-order valence-corrected chi connectivity index (χ4v) is 4.35. The summed E-state index contributed by atoms with van der Waals surface area (Å²) in [6, 6.07) is 1.55. The lowest BCUT2D eigenvalue weighted by atomic mass is 9.95. The Hall–Kier alpha value is -1.01. The lowest BCUT2D eigenvalue weighted by Crippen LogP contribution is -2.39. The van der Waals surface area contributed by atoms with Crippen LogP contribution in [0.25, 0.3) is 0 Å². The Morgan fingerprint density at radius 1 is 1.40 bits per heavy atom. The fourth-order valence-electron chi connectivity index (χ4n) is 3.56. The van der Waals surface area contributed by atoms with E-state index < -0.39 is 9.05 Å². The topological polar surface area (TPSA) is 68.2 Å². The summed E-state index contributed by atoms with van der Waals surface area (Å²) >= 11 is 0. The highest BCUT2D eigenvalue weighted by Crippen LogP contribution is 2.44. The van der Waals surface area contributed by atoms with E-state index in [1.807, 2.05) is 0 Å². The van der Waals surface area contributed by atoms with Gasteiger partial charge in [0.05, 0.1) is 0 Å². The maximum atomic E-state index is 12.3. The first-order valence-corrected chi connectivity index (χ1v) is 9.07. The molecule has 1 aromatic rings. The minimum Gasteiger partial charge on any atom is -0.348 e.